The van der Waals surface area contributed by atoms with E-state index in [9.17, 15) is 28.8 Å². The first-order valence-corrected chi connectivity index (χ1v) is 19.6. The second-order valence-electron chi connectivity index (χ2n) is 14.1. The highest BCUT2D eigenvalue weighted by molar-refractivity contribution is 5.97. The molecular formula is C44H61N5O9. The van der Waals surface area contributed by atoms with Gasteiger partial charge in [-0.1, -0.05) is 112 Å². The van der Waals surface area contributed by atoms with Gasteiger partial charge in [-0.2, -0.15) is 0 Å². The zero-order chi connectivity index (χ0) is 43.5. The molecule has 4 N–H and O–H groups in total. The van der Waals surface area contributed by atoms with Crippen LogP contribution in [0.25, 0.3) is 0 Å². The Kier molecular flexibility index (Phi) is 24.0. The molecule has 2 aromatic carbocycles. The number of hydrogen-bond donors (Lipinski definition) is 4. The Hall–Kier alpha value is -5.81. The first-order chi connectivity index (χ1) is 27.7. The van der Waals surface area contributed by atoms with Gasteiger partial charge < -0.3 is 35.3 Å². The summed E-state index contributed by atoms with van der Waals surface area (Å²) in [6.45, 7) is 13.0. The Morgan fingerprint density at radius 3 is 1.88 bits per heavy atom. The van der Waals surface area contributed by atoms with Crippen molar-refractivity contribution in [2.24, 2.45) is 5.92 Å². The molecule has 1 fully saturated rings. The second-order valence-corrected chi connectivity index (χ2v) is 14.1. The molecule has 0 saturated carbocycles. The van der Waals surface area contributed by atoms with Crippen molar-refractivity contribution in [3.63, 3.8) is 0 Å². The second kappa shape index (κ2) is 27.7. The number of epoxide rings is 1. The van der Waals surface area contributed by atoms with Gasteiger partial charge in [0.25, 0.3) is 0 Å². The summed E-state index contributed by atoms with van der Waals surface area (Å²) in [6.07, 6.45) is 11.0. The summed E-state index contributed by atoms with van der Waals surface area (Å²) in [4.78, 5) is 74.0. The molecule has 1 aromatic heterocycles. The first-order valence-electron chi connectivity index (χ1n) is 19.6. The number of nitrogens with one attached hydrogen (secondary N) is 4. The molecule has 4 amide bonds. The van der Waals surface area contributed by atoms with Crippen LogP contribution in [0.5, 0.6) is 5.95 Å². The molecule has 14 nitrogen and oxygen atoms in total. The van der Waals surface area contributed by atoms with E-state index < -0.39 is 53.8 Å². The summed E-state index contributed by atoms with van der Waals surface area (Å²) in [5.74, 6) is -2.91. The van der Waals surface area contributed by atoms with Crippen molar-refractivity contribution in [3.05, 3.63) is 83.6 Å². The van der Waals surface area contributed by atoms with Crippen molar-refractivity contribution < 1.29 is 42.8 Å². The van der Waals surface area contributed by atoms with Gasteiger partial charge in [-0.3, -0.25) is 28.8 Å². The third kappa shape index (κ3) is 20.9. The molecule has 0 bridgehead atoms. The Morgan fingerprint density at radius 1 is 0.828 bits per heavy atom. The fourth-order valence-electron chi connectivity index (χ4n) is 5.11. The largest absolute Gasteiger partial charge is 0.391 e. The van der Waals surface area contributed by atoms with E-state index in [0.29, 0.717) is 32.3 Å². The minimum atomic E-state index is -0.931. The predicted molar refractivity (Wildman–Crippen MR) is 221 cm³/mol. The smallest absolute Gasteiger partial charge is 0.319 e. The number of rotatable bonds is 19. The Morgan fingerprint density at radius 2 is 1.40 bits per heavy atom. The summed E-state index contributed by atoms with van der Waals surface area (Å²) in [7, 11) is 0. The van der Waals surface area contributed by atoms with Crippen molar-refractivity contribution in [2.75, 3.05) is 19.7 Å². The number of carbonyl (C=O) groups excluding carboxylic acids is 6. The molecule has 0 radical (unpaired) electrons. The van der Waals surface area contributed by atoms with Crippen LogP contribution >= 0.6 is 0 Å². The minimum absolute atomic E-state index is 0.126. The molecule has 58 heavy (non-hydrogen) atoms. The molecule has 1 aliphatic heterocycles. The summed E-state index contributed by atoms with van der Waals surface area (Å²) >= 11 is 0. The highest BCUT2D eigenvalue weighted by Gasteiger charge is 2.50. The maximum Gasteiger partial charge on any atom is 0.319 e. The van der Waals surface area contributed by atoms with Crippen LogP contribution in [0.3, 0.4) is 0 Å². The summed E-state index contributed by atoms with van der Waals surface area (Å²) in [5.41, 5.74) is 2.05. The van der Waals surface area contributed by atoms with Crippen molar-refractivity contribution in [1.82, 2.24) is 26.4 Å². The fraction of sp³-hybridized carbons (Fsp3) is 0.477. The van der Waals surface area contributed by atoms with Gasteiger partial charge in [0.1, 0.15) is 11.6 Å². The van der Waals surface area contributed by atoms with Crippen LogP contribution in [0.15, 0.2) is 71.3 Å². The van der Waals surface area contributed by atoms with Gasteiger partial charge in [0.05, 0.1) is 37.9 Å². The van der Waals surface area contributed by atoms with Gasteiger partial charge >= 0.3 is 11.9 Å². The first kappa shape index (κ1) is 50.2. The van der Waals surface area contributed by atoms with Crippen LogP contribution in [0.1, 0.15) is 90.5 Å². The molecule has 1 aliphatic rings. The maximum absolute atomic E-state index is 12.7. The number of ether oxygens (including phenoxy) is 2. The van der Waals surface area contributed by atoms with Gasteiger partial charge in [0, 0.05) is 12.5 Å². The molecule has 14 heteroatoms. The van der Waals surface area contributed by atoms with Gasteiger partial charge in [-0.05, 0) is 51.0 Å². The number of benzene rings is 2. The number of esters is 1. The van der Waals surface area contributed by atoms with Gasteiger partial charge in [0.2, 0.25) is 23.6 Å². The van der Waals surface area contributed by atoms with Crippen LogP contribution in [-0.2, 0) is 46.3 Å². The summed E-state index contributed by atoms with van der Waals surface area (Å²) in [6, 6.07) is 20.4. The van der Waals surface area contributed by atoms with E-state index in [0.717, 1.165) is 6.42 Å². The topological polar surface area (TPSA) is 198 Å². The summed E-state index contributed by atoms with van der Waals surface area (Å²) in [5, 5.41) is 13.8. The minimum Gasteiger partial charge on any atom is -0.391 e. The Bertz CT molecular complexity index is 1720. The standard InChI is InChI=1S/C27H41N5O9.C8H10.C7H8.C2H2/c1-6-8-18(26(38)29-14-22(35)31-19(10-16(3)4)25(37)27(5)15-39-27)30-21(34)13-28-20(33)11-17-12-24(41-32-17)40-23(36)9-7-2;1-2-8-6-4-3-5-7-8;1-7-5-3-2-4-6-7;1-2/h12,16,18-19H,6-11,13-15H2,1-5H3,(H,28,33)(H,29,38)(H,30,34)(H,31,35);3-7H,2H2,1H3;2-6H,1H3;1-2H/t18-,19-,27?;;;/m0.../s1. The van der Waals surface area contributed by atoms with Crippen LogP contribution in [-0.4, -0.2) is 77.9 Å². The molecule has 3 atom stereocenters. The molecule has 4 rings (SSSR count). The lowest BCUT2D eigenvalue weighted by Crippen LogP contribution is -2.53. The van der Waals surface area contributed by atoms with E-state index >= 15 is 0 Å². The average Bonchev–Trinajstić information content (AvgIpc) is 3.82. The fourth-order valence-corrected chi connectivity index (χ4v) is 5.11. The van der Waals surface area contributed by atoms with Crippen molar-refractivity contribution in [3.8, 4) is 18.8 Å². The highest BCUT2D eigenvalue weighted by Crippen LogP contribution is 2.29. The number of ketones is 1. The molecule has 316 valence electrons. The number of carbonyl (C=O) groups is 6. The number of nitrogens with zero attached hydrogens (tertiary/aromatic N) is 1. The zero-order valence-corrected chi connectivity index (χ0v) is 34.9. The molecule has 1 unspecified atom stereocenters. The number of Topliss-reactive ketones (excluding diaryl/α,β-unsaturated/α-hetero) is 1. The molecule has 0 aliphatic carbocycles. The lowest BCUT2D eigenvalue weighted by molar-refractivity contribution is -0.136. The number of aryl methyl sites for hydroxylation is 2. The molecule has 1 saturated heterocycles. The normalized spacial score (nSPS) is 14.5. The van der Waals surface area contributed by atoms with E-state index in [1.54, 1.807) is 6.92 Å². The number of aromatic nitrogens is 1. The molecule has 0 spiro atoms. The van der Waals surface area contributed by atoms with Gasteiger partial charge in [0.15, 0.2) is 5.78 Å². The average molecular weight is 804 g/mol. The lowest BCUT2D eigenvalue weighted by Gasteiger charge is -2.22. The van der Waals surface area contributed by atoms with E-state index in [-0.39, 0.29) is 42.7 Å². The quantitative estimate of drug-likeness (QED) is 0.0741. The van der Waals surface area contributed by atoms with Crippen LogP contribution in [0.2, 0.25) is 0 Å². The van der Waals surface area contributed by atoms with Crippen LogP contribution < -0.4 is 26.0 Å². The van der Waals surface area contributed by atoms with Gasteiger partial charge in [-0.25, -0.2) is 0 Å². The van der Waals surface area contributed by atoms with Crippen LogP contribution in [0.4, 0.5) is 0 Å². The number of terminal acetylenes is 1. The monoisotopic (exact) mass is 803 g/mol. The van der Waals surface area contributed by atoms with Crippen LogP contribution in [0, 0.1) is 25.7 Å². The van der Waals surface area contributed by atoms with E-state index in [1.807, 2.05) is 52.0 Å². The predicted octanol–water partition coefficient (Wildman–Crippen LogP) is 4.82. The molecular weight excluding hydrogens is 743 g/mol. The number of amides is 4. The number of hydrogen-bond acceptors (Lipinski definition) is 10. The third-order valence-electron chi connectivity index (χ3n) is 8.29. The van der Waals surface area contributed by atoms with E-state index in [2.05, 4.69) is 89.5 Å². The molecule has 2 heterocycles. The van der Waals surface area contributed by atoms with Crippen molar-refractivity contribution >= 4 is 35.4 Å². The Balaban J connectivity index is 0.000000808. The maximum atomic E-state index is 12.7. The van der Waals surface area contributed by atoms with E-state index in [4.69, 9.17) is 14.0 Å². The third-order valence-corrected chi connectivity index (χ3v) is 8.29. The zero-order valence-electron chi connectivity index (χ0n) is 34.9. The molecule has 3 aromatic rings. The SMILES string of the molecule is C#C.CCCC(=O)Oc1cc(CC(=O)NCC(=O)N[C@@H](CCC)C(=O)NCC(=O)N[C@@H](CC(C)C)C(=O)C2(C)CO2)no1.CCc1ccccc1.Cc1ccccc1. The highest BCUT2D eigenvalue weighted by atomic mass is 16.6. The summed E-state index contributed by atoms with van der Waals surface area (Å²) < 4.78 is 15.0. The van der Waals surface area contributed by atoms with E-state index in [1.165, 1.54) is 17.2 Å². The van der Waals surface area contributed by atoms with Crippen molar-refractivity contribution in [1.29, 1.82) is 0 Å². The van der Waals surface area contributed by atoms with Gasteiger partial charge in [-0.15, -0.1) is 12.8 Å². The Labute approximate surface area is 343 Å². The lowest BCUT2D eigenvalue weighted by atomic mass is 9.93. The van der Waals surface area contributed by atoms with Crippen molar-refractivity contribution in [2.45, 2.75) is 111 Å².